The number of rotatable bonds is 5. The number of aliphatic hydroxyl groups is 2. The van der Waals surface area contributed by atoms with Gasteiger partial charge in [0.2, 0.25) is 0 Å². The Morgan fingerprint density at radius 3 is 2.26 bits per heavy atom. The lowest BCUT2D eigenvalue weighted by Crippen LogP contribution is -2.27. The molecule has 0 heterocycles. The number of hydrogen-bond acceptors (Lipinski definition) is 3. The van der Waals surface area contributed by atoms with E-state index in [1.807, 2.05) is 61.5 Å². The fraction of sp³-hybridized carbons (Fsp3) is 0.250. The number of para-hydroxylation sites is 1. The van der Waals surface area contributed by atoms with Crippen LogP contribution in [0.1, 0.15) is 17.2 Å². The average molecular weight is 258 g/mol. The van der Waals surface area contributed by atoms with E-state index in [-0.39, 0.29) is 6.61 Å². The number of ether oxygens (including phenoxy) is 1. The Hall–Kier alpha value is -1.84. The maximum atomic E-state index is 9.95. The fourth-order valence-electron chi connectivity index (χ4n) is 1.93. The molecule has 3 heteroatoms. The molecule has 2 N–H and O–H groups in total. The molecule has 0 amide bonds. The molecule has 2 aromatic carbocycles. The van der Waals surface area contributed by atoms with Crippen molar-refractivity contribution < 1.29 is 14.9 Å². The molecule has 0 radical (unpaired) electrons. The maximum Gasteiger partial charge on any atom is 0.152 e. The summed E-state index contributed by atoms with van der Waals surface area (Å²) in [7, 11) is 0. The van der Waals surface area contributed by atoms with Crippen molar-refractivity contribution in [2.45, 2.75) is 19.1 Å². The van der Waals surface area contributed by atoms with Crippen molar-refractivity contribution in [1.29, 1.82) is 0 Å². The summed E-state index contributed by atoms with van der Waals surface area (Å²) < 4.78 is 5.87. The molecule has 19 heavy (non-hydrogen) atoms. The molecule has 0 spiro atoms. The highest BCUT2D eigenvalue weighted by atomic mass is 16.5. The van der Waals surface area contributed by atoms with Crippen molar-refractivity contribution in [1.82, 2.24) is 0 Å². The predicted molar refractivity (Wildman–Crippen MR) is 74.1 cm³/mol. The van der Waals surface area contributed by atoms with E-state index in [0.717, 1.165) is 11.1 Å². The summed E-state index contributed by atoms with van der Waals surface area (Å²) in [6, 6.07) is 17.0. The smallest absolute Gasteiger partial charge is 0.152 e. The first-order chi connectivity index (χ1) is 9.22. The van der Waals surface area contributed by atoms with Crippen molar-refractivity contribution >= 4 is 0 Å². The van der Waals surface area contributed by atoms with Crippen LogP contribution in [-0.2, 0) is 0 Å². The number of aliphatic hydroxyl groups excluding tert-OH is 2. The number of hydrogen-bond donors (Lipinski definition) is 2. The van der Waals surface area contributed by atoms with Gasteiger partial charge < -0.3 is 14.9 Å². The summed E-state index contributed by atoms with van der Waals surface area (Å²) in [6.45, 7) is 1.61. The van der Waals surface area contributed by atoms with Gasteiger partial charge in [0.1, 0.15) is 11.9 Å². The minimum Gasteiger partial charge on any atom is -0.483 e. The number of benzene rings is 2. The highest BCUT2D eigenvalue weighted by Crippen LogP contribution is 2.27. The molecule has 0 aliphatic rings. The molecule has 2 atom stereocenters. The first kappa shape index (κ1) is 13.6. The third-order valence-corrected chi connectivity index (χ3v) is 3.01. The minimum atomic E-state index is -0.956. The molecular weight excluding hydrogens is 240 g/mol. The second-order valence-corrected chi connectivity index (χ2v) is 4.46. The van der Waals surface area contributed by atoms with E-state index in [1.165, 1.54) is 0 Å². The van der Waals surface area contributed by atoms with Crippen LogP contribution < -0.4 is 4.74 Å². The zero-order chi connectivity index (χ0) is 13.7. The maximum absolute atomic E-state index is 9.95. The first-order valence-electron chi connectivity index (χ1n) is 6.28. The van der Waals surface area contributed by atoms with E-state index in [4.69, 9.17) is 4.74 Å². The van der Waals surface area contributed by atoms with Gasteiger partial charge in [-0.1, -0.05) is 48.5 Å². The Labute approximate surface area is 113 Å². The van der Waals surface area contributed by atoms with Crippen molar-refractivity contribution in [3.05, 3.63) is 65.7 Å². The van der Waals surface area contributed by atoms with Gasteiger partial charge in [-0.05, 0) is 24.1 Å². The molecule has 2 rings (SSSR count). The van der Waals surface area contributed by atoms with Gasteiger partial charge >= 0.3 is 0 Å². The van der Waals surface area contributed by atoms with Gasteiger partial charge in [0, 0.05) is 0 Å². The Balaban J connectivity index is 2.27. The lowest BCUT2D eigenvalue weighted by atomic mass is 10.0. The first-order valence-corrected chi connectivity index (χ1v) is 6.28. The summed E-state index contributed by atoms with van der Waals surface area (Å²) in [5.74, 6) is 0.712. The second kappa shape index (κ2) is 6.36. The van der Waals surface area contributed by atoms with Crippen LogP contribution in [0.15, 0.2) is 54.6 Å². The van der Waals surface area contributed by atoms with Crippen LogP contribution in [0, 0.1) is 6.92 Å². The van der Waals surface area contributed by atoms with Crippen molar-refractivity contribution in [3.63, 3.8) is 0 Å². The quantitative estimate of drug-likeness (QED) is 0.866. The molecule has 0 bridgehead atoms. The van der Waals surface area contributed by atoms with Crippen molar-refractivity contribution in [2.75, 3.05) is 6.61 Å². The molecule has 0 aliphatic heterocycles. The van der Waals surface area contributed by atoms with Crippen LogP contribution in [0.3, 0.4) is 0 Å². The van der Waals surface area contributed by atoms with Gasteiger partial charge in [0.25, 0.3) is 0 Å². The van der Waals surface area contributed by atoms with Crippen LogP contribution in [-0.4, -0.2) is 22.9 Å². The standard InChI is InChI=1S/C16H18O3/c1-12-7-5-6-10-15(12)19-16(14(18)11-17)13-8-3-2-4-9-13/h2-10,14,16-18H,11H2,1H3. The summed E-state index contributed by atoms with van der Waals surface area (Å²) in [5.41, 5.74) is 1.83. The molecule has 0 saturated heterocycles. The topological polar surface area (TPSA) is 49.7 Å². The molecule has 0 saturated carbocycles. The van der Waals surface area contributed by atoms with E-state index < -0.39 is 12.2 Å². The van der Waals surface area contributed by atoms with Gasteiger partial charge in [-0.25, -0.2) is 0 Å². The molecule has 3 nitrogen and oxygen atoms in total. The van der Waals surface area contributed by atoms with Crippen LogP contribution >= 0.6 is 0 Å². The van der Waals surface area contributed by atoms with Gasteiger partial charge in [-0.2, -0.15) is 0 Å². The molecule has 100 valence electrons. The minimum absolute atomic E-state index is 0.342. The third kappa shape index (κ3) is 3.34. The van der Waals surface area contributed by atoms with Gasteiger partial charge in [-0.15, -0.1) is 0 Å². The summed E-state index contributed by atoms with van der Waals surface area (Å²) in [5, 5.41) is 19.1. The Morgan fingerprint density at radius 2 is 1.63 bits per heavy atom. The fourth-order valence-corrected chi connectivity index (χ4v) is 1.93. The second-order valence-electron chi connectivity index (χ2n) is 4.46. The molecule has 0 aromatic heterocycles. The van der Waals surface area contributed by atoms with Gasteiger partial charge in [0.15, 0.2) is 6.10 Å². The lowest BCUT2D eigenvalue weighted by molar-refractivity contribution is -0.00217. The Bertz CT molecular complexity index is 510. The summed E-state index contributed by atoms with van der Waals surface area (Å²) >= 11 is 0. The lowest BCUT2D eigenvalue weighted by Gasteiger charge is -2.24. The molecular formula is C16H18O3. The van der Waals surface area contributed by atoms with E-state index >= 15 is 0 Å². The van der Waals surface area contributed by atoms with Gasteiger partial charge in [-0.3, -0.25) is 0 Å². The molecule has 2 aromatic rings. The summed E-state index contributed by atoms with van der Waals surface area (Å²) in [4.78, 5) is 0. The SMILES string of the molecule is Cc1ccccc1OC(c1ccccc1)C(O)CO. The largest absolute Gasteiger partial charge is 0.483 e. The number of aryl methyl sites for hydroxylation is 1. The van der Waals surface area contributed by atoms with E-state index in [1.54, 1.807) is 0 Å². The normalized spacial score (nSPS) is 13.8. The van der Waals surface area contributed by atoms with Crippen molar-refractivity contribution in [3.8, 4) is 5.75 Å². The van der Waals surface area contributed by atoms with Crippen LogP contribution in [0.2, 0.25) is 0 Å². The summed E-state index contributed by atoms with van der Waals surface area (Å²) in [6.07, 6.45) is -1.53. The Kier molecular flexibility index (Phi) is 4.55. The van der Waals surface area contributed by atoms with Crippen LogP contribution in [0.25, 0.3) is 0 Å². The average Bonchev–Trinajstić information content (AvgIpc) is 2.46. The van der Waals surface area contributed by atoms with E-state index in [9.17, 15) is 10.2 Å². The van der Waals surface area contributed by atoms with Crippen LogP contribution in [0.4, 0.5) is 0 Å². The zero-order valence-electron chi connectivity index (χ0n) is 10.9. The molecule has 2 unspecified atom stereocenters. The van der Waals surface area contributed by atoms with Gasteiger partial charge in [0.05, 0.1) is 6.61 Å². The monoisotopic (exact) mass is 258 g/mol. The molecule has 0 fully saturated rings. The molecule has 0 aliphatic carbocycles. The van der Waals surface area contributed by atoms with E-state index in [0.29, 0.717) is 5.75 Å². The third-order valence-electron chi connectivity index (χ3n) is 3.01. The van der Waals surface area contributed by atoms with Crippen LogP contribution in [0.5, 0.6) is 5.75 Å². The predicted octanol–water partition coefficient (Wildman–Crippen LogP) is 2.47. The van der Waals surface area contributed by atoms with Crippen molar-refractivity contribution in [2.24, 2.45) is 0 Å². The van der Waals surface area contributed by atoms with E-state index in [2.05, 4.69) is 0 Å². The highest BCUT2D eigenvalue weighted by molar-refractivity contribution is 5.33. The zero-order valence-corrected chi connectivity index (χ0v) is 10.9. The Morgan fingerprint density at radius 1 is 1.00 bits per heavy atom. The highest BCUT2D eigenvalue weighted by Gasteiger charge is 2.22.